The van der Waals surface area contributed by atoms with Crippen molar-refractivity contribution in [2.45, 2.75) is 13.3 Å². The summed E-state index contributed by atoms with van der Waals surface area (Å²) in [6.45, 7) is 1.88. The minimum atomic E-state index is -1.01. The van der Waals surface area contributed by atoms with Gasteiger partial charge in [0.15, 0.2) is 11.6 Å². The van der Waals surface area contributed by atoms with Crippen LogP contribution in [-0.2, 0) is 0 Å². The average molecular weight is 359 g/mol. The molecule has 0 saturated carbocycles. The maximum atomic E-state index is 13.7. The summed E-state index contributed by atoms with van der Waals surface area (Å²) in [5, 5.41) is 1.40. The molecule has 4 N–H and O–H groups in total. The minimum Gasteiger partial charge on any atom is -0.399 e. The van der Waals surface area contributed by atoms with Gasteiger partial charge >= 0.3 is 0 Å². The molecule has 1 aromatic heterocycles. The van der Waals surface area contributed by atoms with Gasteiger partial charge in [0.2, 0.25) is 0 Å². The Bertz CT molecular complexity index is 869. The maximum Gasteiger partial charge on any atom is 0.254 e. The molecule has 1 aliphatic rings. The van der Waals surface area contributed by atoms with Crippen molar-refractivity contribution in [3.63, 3.8) is 0 Å². The summed E-state index contributed by atoms with van der Waals surface area (Å²) in [6.07, 6.45) is 2.05. The quantitative estimate of drug-likeness (QED) is 0.647. The highest BCUT2D eigenvalue weighted by atomic mass is 19.2. The molecule has 8 heteroatoms. The molecule has 2 aromatic rings. The summed E-state index contributed by atoms with van der Waals surface area (Å²) >= 11 is 0. The summed E-state index contributed by atoms with van der Waals surface area (Å²) < 4.78 is 27.0. The molecule has 0 aliphatic carbocycles. The van der Waals surface area contributed by atoms with Gasteiger partial charge in [0.1, 0.15) is 5.82 Å². The molecule has 0 bridgehead atoms. The molecular weight excluding hydrogens is 340 g/mol. The molecule has 0 unspecified atom stereocenters. The van der Waals surface area contributed by atoms with Gasteiger partial charge in [0.25, 0.3) is 5.91 Å². The maximum absolute atomic E-state index is 13.7. The van der Waals surface area contributed by atoms with E-state index in [1.165, 1.54) is 22.9 Å². The smallest absolute Gasteiger partial charge is 0.254 e. The molecule has 0 radical (unpaired) electrons. The summed E-state index contributed by atoms with van der Waals surface area (Å²) in [6, 6.07) is 7.58. The average Bonchev–Trinajstić information content (AvgIpc) is 2.66. The fourth-order valence-electron chi connectivity index (χ4n) is 2.91. The molecule has 0 atom stereocenters. The van der Waals surface area contributed by atoms with Gasteiger partial charge < -0.3 is 10.6 Å². The van der Waals surface area contributed by atoms with Crippen molar-refractivity contribution < 1.29 is 13.6 Å². The van der Waals surface area contributed by atoms with E-state index in [0.29, 0.717) is 30.2 Å². The lowest BCUT2D eigenvalue weighted by Crippen LogP contribution is -2.44. The molecule has 0 spiro atoms. The Hall–Kier alpha value is -3.00. The molecular formula is C18H19F2N5O. The summed E-state index contributed by atoms with van der Waals surface area (Å²) in [5.41, 5.74) is 7.33. The van der Waals surface area contributed by atoms with Crippen molar-refractivity contribution in [3.8, 4) is 0 Å². The predicted molar refractivity (Wildman–Crippen MR) is 93.7 cm³/mol. The first-order valence-corrected chi connectivity index (χ1v) is 8.07. The number of benzene rings is 1. The zero-order valence-corrected chi connectivity index (χ0v) is 14.2. The van der Waals surface area contributed by atoms with E-state index in [4.69, 9.17) is 11.6 Å². The van der Waals surface area contributed by atoms with Gasteiger partial charge in [-0.15, -0.1) is 0 Å². The van der Waals surface area contributed by atoms with E-state index in [2.05, 4.69) is 4.98 Å². The van der Waals surface area contributed by atoms with Crippen LogP contribution in [0.2, 0.25) is 0 Å². The Balaban J connectivity index is 1.81. The summed E-state index contributed by atoms with van der Waals surface area (Å²) in [7, 11) is 0. The number of pyridine rings is 1. The molecule has 6 nitrogen and oxygen atoms in total. The zero-order valence-electron chi connectivity index (χ0n) is 14.2. The molecule has 0 fully saturated rings. The van der Waals surface area contributed by atoms with Crippen LogP contribution in [0.15, 0.2) is 47.9 Å². The van der Waals surface area contributed by atoms with Crippen LogP contribution < -0.4 is 16.6 Å². The highest BCUT2D eigenvalue weighted by Crippen LogP contribution is 2.23. The molecule has 1 aliphatic heterocycles. The van der Waals surface area contributed by atoms with E-state index in [1.807, 2.05) is 6.07 Å². The first-order chi connectivity index (χ1) is 12.4. The number of nitrogens with zero attached hydrogens (tertiary/aromatic N) is 3. The van der Waals surface area contributed by atoms with Gasteiger partial charge in [0, 0.05) is 36.0 Å². The Morgan fingerprint density at radius 1 is 1.27 bits per heavy atom. The lowest BCUT2D eigenvalue weighted by Gasteiger charge is -2.33. The fourth-order valence-corrected chi connectivity index (χ4v) is 2.91. The topological polar surface area (TPSA) is 88.5 Å². The SMILES string of the molecule is Cc1c(C(=O)N2CCC(N(N)c3ccccn3)=C(N)C2)ccc(F)c1F. The van der Waals surface area contributed by atoms with E-state index < -0.39 is 17.5 Å². The van der Waals surface area contributed by atoms with Crippen LogP contribution in [0.1, 0.15) is 22.3 Å². The number of hydrogen-bond donors (Lipinski definition) is 2. The van der Waals surface area contributed by atoms with Crippen molar-refractivity contribution >= 4 is 11.7 Å². The lowest BCUT2D eigenvalue weighted by molar-refractivity contribution is 0.0760. The third-order valence-corrected chi connectivity index (χ3v) is 4.39. The monoisotopic (exact) mass is 359 g/mol. The number of nitrogens with two attached hydrogens (primary N) is 2. The van der Waals surface area contributed by atoms with Crippen LogP contribution in [0.4, 0.5) is 14.6 Å². The van der Waals surface area contributed by atoms with Crippen LogP contribution in [0.25, 0.3) is 0 Å². The molecule has 1 aromatic carbocycles. The Morgan fingerprint density at radius 2 is 2.04 bits per heavy atom. The van der Waals surface area contributed by atoms with Crippen LogP contribution in [0.5, 0.6) is 0 Å². The third kappa shape index (κ3) is 3.23. The van der Waals surface area contributed by atoms with Crippen LogP contribution >= 0.6 is 0 Å². The van der Waals surface area contributed by atoms with Crippen molar-refractivity contribution in [1.29, 1.82) is 0 Å². The molecule has 3 rings (SSSR count). The van der Waals surface area contributed by atoms with Gasteiger partial charge in [0.05, 0.1) is 12.2 Å². The minimum absolute atomic E-state index is 0.0164. The molecule has 0 saturated heterocycles. The third-order valence-electron chi connectivity index (χ3n) is 4.39. The van der Waals surface area contributed by atoms with Gasteiger partial charge in [-0.1, -0.05) is 6.07 Å². The number of halogens is 2. The van der Waals surface area contributed by atoms with Crippen molar-refractivity contribution in [1.82, 2.24) is 9.88 Å². The molecule has 136 valence electrons. The van der Waals surface area contributed by atoms with E-state index in [1.54, 1.807) is 18.3 Å². The number of hydrogen-bond acceptors (Lipinski definition) is 5. The first kappa shape index (κ1) is 17.8. The molecule has 1 amide bonds. The van der Waals surface area contributed by atoms with Gasteiger partial charge in [-0.2, -0.15) is 0 Å². The van der Waals surface area contributed by atoms with Gasteiger partial charge in [-0.05, 0) is 31.2 Å². The predicted octanol–water partition coefficient (Wildman–Crippen LogP) is 2.06. The lowest BCUT2D eigenvalue weighted by atomic mass is 10.0. The molecule has 26 heavy (non-hydrogen) atoms. The Labute approximate surface area is 149 Å². The van der Waals surface area contributed by atoms with Crippen molar-refractivity contribution in [2.24, 2.45) is 11.6 Å². The second-order valence-corrected chi connectivity index (χ2v) is 6.04. The van der Waals surface area contributed by atoms with Gasteiger partial charge in [-0.25, -0.2) is 19.6 Å². The number of carbonyl (C=O) groups is 1. The summed E-state index contributed by atoms with van der Waals surface area (Å²) in [4.78, 5) is 18.3. The standard InChI is InChI=1S/C18H19F2N5O/c1-11-12(5-6-13(19)17(11)20)18(26)24-9-7-15(14(21)10-24)25(22)16-4-2-3-8-23-16/h2-6,8H,7,9-10,21-22H2,1H3. The number of aromatic nitrogens is 1. The van der Waals surface area contributed by atoms with Gasteiger partial charge in [-0.3, -0.25) is 9.80 Å². The first-order valence-electron chi connectivity index (χ1n) is 8.07. The number of carbonyl (C=O) groups excluding carboxylic acids is 1. The largest absolute Gasteiger partial charge is 0.399 e. The normalized spacial score (nSPS) is 14.5. The molecule has 2 heterocycles. The number of anilines is 1. The second-order valence-electron chi connectivity index (χ2n) is 6.04. The van der Waals surface area contributed by atoms with E-state index >= 15 is 0 Å². The van der Waals surface area contributed by atoms with Crippen LogP contribution in [-0.4, -0.2) is 28.9 Å². The number of amides is 1. The van der Waals surface area contributed by atoms with E-state index in [0.717, 1.165) is 6.07 Å². The van der Waals surface area contributed by atoms with Crippen LogP contribution in [0.3, 0.4) is 0 Å². The second kappa shape index (κ2) is 7.09. The highest BCUT2D eigenvalue weighted by Gasteiger charge is 2.27. The van der Waals surface area contributed by atoms with E-state index in [-0.39, 0.29) is 17.7 Å². The zero-order chi connectivity index (χ0) is 18.8. The fraction of sp³-hybridized carbons (Fsp3) is 0.222. The van der Waals surface area contributed by atoms with Crippen LogP contribution in [0, 0.1) is 18.6 Å². The Morgan fingerprint density at radius 3 is 2.69 bits per heavy atom. The Kier molecular flexibility index (Phi) is 4.85. The highest BCUT2D eigenvalue weighted by molar-refractivity contribution is 5.96. The van der Waals surface area contributed by atoms with Crippen molar-refractivity contribution in [2.75, 3.05) is 18.1 Å². The number of rotatable bonds is 3. The summed E-state index contributed by atoms with van der Waals surface area (Å²) in [5.74, 6) is 4.24. The van der Waals surface area contributed by atoms with Crippen molar-refractivity contribution in [3.05, 3.63) is 70.7 Å². The van der Waals surface area contributed by atoms with E-state index in [9.17, 15) is 13.6 Å². The number of hydrazine groups is 1.